The lowest BCUT2D eigenvalue weighted by Crippen LogP contribution is -2.46. The summed E-state index contributed by atoms with van der Waals surface area (Å²) in [6.45, 7) is 0.393. The number of rotatable bonds is 7. The number of aromatic amines is 2. The molecule has 0 aliphatic carbocycles. The molecular weight excluding hydrogens is 513 g/mol. The van der Waals surface area contributed by atoms with E-state index in [1.807, 2.05) is 4.90 Å². The highest BCUT2D eigenvalue weighted by Gasteiger charge is 2.39. The van der Waals surface area contributed by atoms with Gasteiger partial charge < -0.3 is 9.47 Å². The van der Waals surface area contributed by atoms with Crippen LogP contribution in [0.2, 0.25) is 0 Å². The molecule has 1 saturated heterocycles. The Morgan fingerprint density at radius 3 is 2.41 bits per heavy atom. The Hall–Kier alpha value is -3.23. The molecule has 37 heavy (non-hydrogen) atoms. The number of halogens is 7. The van der Waals surface area contributed by atoms with E-state index in [2.05, 4.69) is 15.2 Å². The minimum absolute atomic E-state index is 0.0835. The van der Waals surface area contributed by atoms with Gasteiger partial charge in [-0.25, -0.2) is 14.3 Å². The molecule has 2 heterocycles. The highest BCUT2D eigenvalue weighted by atomic mass is 19.4. The van der Waals surface area contributed by atoms with E-state index in [1.54, 1.807) is 0 Å². The largest absolute Gasteiger partial charge is 0.416 e. The summed E-state index contributed by atoms with van der Waals surface area (Å²) in [6, 6.07) is 6.28. The predicted octanol–water partition coefficient (Wildman–Crippen LogP) is 4.43. The van der Waals surface area contributed by atoms with Gasteiger partial charge in [-0.15, -0.1) is 0 Å². The zero-order valence-electron chi connectivity index (χ0n) is 19.0. The van der Waals surface area contributed by atoms with E-state index < -0.39 is 47.3 Å². The number of nitrogens with zero attached hydrogens (tertiary/aromatic N) is 2. The molecule has 0 saturated carbocycles. The lowest BCUT2D eigenvalue weighted by molar-refractivity contribution is -0.212. The van der Waals surface area contributed by atoms with Gasteiger partial charge in [0.05, 0.1) is 36.9 Å². The molecule has 0 amide bonds. The Labute approximate surface area is 205 Å². The standard InChI is InChI=1S/C23H21F7N4O3/c24-16-5-2-14(3-6-16)19-20(37-10-8-34(19)12-18-31-21(35)33-32-18)36-9-7-13-1-4-15(22(25,26)27)11-17(13)23(28,29)30/h1-6,11,19-20H,7-10,12H2,(H2,31,32,33,35)/t19-,20+/m0/s1. The number of ether oxygens (including phenoxy) is 2. The van der Waals surface area contributed by atoms with Crippen molar-refractivity contribution in [1.29, 1.82) is 0 Å². The minimum atomic E-state index is -4.99. The lowest BCUT2D eigenvalue weighted by atomic mass is 10.0. The summed E-state index contributed by atoms with van der Waals surface area (Å²) in [6.07, 6.45) is -11.3. The topological polar surface area (TPSA) is 83.2 Å². The van der Waals surface area contributed by atoms with E-state index in [1.165, 1.54) is 24.3 Å². The van der Waals surface area contributed by atoms with Crippen LogP contribution in [0, 0.1) is 5.82 Å². The summed E-state index contributed by atoms with van der Waals surface area (Å²) in [5.41, 5.74) is -3.08. The second-order valence-corrected chi connectivity index (χ2v) is 8.32. The van der Waals surface area contributed by atoms with E-state index >= 15 is 0 Å². The minimum Gasteiger partial charge on any atom is -0.350 e. The van der Waals surface area contributed by atoms with Gasteiger partial charge in [0.25, 0.3) is 0 Å². The highest BCUT2D eigenvalue weighted by Crippen LogP contribution is 2.38. The maximum Gasteiger partial charge on any atom is 0.416 e. The zero-order chi connectivity index (χ0) is 26.8. The van der Waals surface area contributed by atoms with Crippen molar-refractivity contribution in [2.24, 2.45) is 0 Å². The van der Waals surface area contributed by atoms with Gasteiger partial charge in [-0.3, -0.25) is 9.88 Å². The fourth-order valence-corrected chi connectivity index (χ4v) is 4.13. The Balaban J connectivity index is 1.53. The number of hydrogen-bond acceptors (Lipinski definition) is 5. The Morgan fingerprint density at radius 1 is 1.05 bits per heavy atom. The van der Waals surface area contributed by atoms with Crippen molar-refractivity contribution in [2.75, 3.05) is 19.8 Å². The van der Waals surface area contributed by atoms with Crippen molar-refractivity contribution >= 4 is 0 Å². The van der Waals surface area contributed by atoms with Crippen LogP contribution in [-0.2, 0) is 34.8 Å². The van der Waals surface area contributed by atoms with E-state index in [0.717, 1.165) is 6.07 Å². The first-order valence-corrected chi connectivity index (χ1v) is 11.1. The van der Waals surface area contributed by atoms with Crippen LogP contribution >= 0.6 is 0 Å². The van der Waals surface area contributed by atoms with Gasteiger partial charge in [-0.05, 0) is 41.8 Å². The number of nitrogens with one attached hydrogen (secondary N) is 2. The van der Waals surface area contributed by atoms with Gasteiger partial charge in [-0.1, -0.05) is 18.2 Å². The van der Waals surface area contributed by atoms with Crippen molar-refractivity contribution in [3.63, 3.8) is 0 Å². The molecule has 0 spiro atoms. The fourth-order valence-electron chi connectivity index (χ4n) is 4.13. The van der Waals surface area contributed by atoms with E-state index in [-0.39, 0.29) is 37.8 Å². The maximum atomic E-state index is 13.5. The van der Waals surface area contributed by atoms with Crippen LogP contribution in [0.5, 0.6) is 0 Å². The summed E-state index contributed by atoms with van der Waals surface area (Å²) in [7, 11) is 0. The Morgan fingerprint density at radius 2 is 1.78 bits per heavy atom. The van der Waals surface area contributed by atoms with Gasteiger partial charge in [-0.2, -0.15) is 31.4 Å². The first-order chi connectivity index (χ1) is 17.4. The van der Waals surface area contributed by atoms with Crippen LogP contribution in [0.15, 0.2) is 47.3 Å². The smallest absolute Gasteiger partial charge is 0.350 e. The third-order valence-electron chi connectivity index (χ3n) is 5.82. The molecular formula is C23H21F7N4O3. The summed E-state index contributed by atoms with van der Waals surface area (Å²) in [4.78, 5) is 15.8. The molecule has 1 aliphatic rings. The monoisotopic (exact) mass is 534 g/mol. The molecule has 3 aromatic rings. The van der Waals surface area contributed by atoms with Crippen LogP contribution in [0.4, 0.5) is 30.7 Å². The number of H-pyrrole nitrogens is 2. The molecule has 7 nitrogen and oxygen atoms in total. The summed E-state index contributed by atoms with van der Waals surface area (Å²) in [5, 5.41) is 6.13. The van der Waals surface area contributed by atoms with Gasteiger partial charge in [0.1, 0.15) is 11.6 Å². The molecule has 0 radical (unpaired) electrons. The molecule has 2 atom stereocenters. The van der Waals surface area contributed by atoms with Crippen LogP contribution in [-0.4, -0.2) is 46.1 Å². The number of benzene rings is 2. The number of alkyl halides is 6. The summed E-state index contributed by atoms with van der Waals surface area (Å²) < 4.78 is 104. The van der Waals surface area contributed by atoms with Crippen molar-refractivity contribution in [3.8, 4) is 0 Å². The first kappa shape index (κ1) is 26.8. The average Bonchev–Trinajstić information content (AvgIpc) is 3.23. The van der Waals surface area contributed by atoms with Gasteiger partial charge in [0, 0.05) is 6.54 Å². The highest BCUT2D eigenvalue weighted by molar-refractivity contribution is 5.35. The second kappa shape index (κ2) is 10.6. The van der Waals surface area contributed by atoms with Crippen LogP contribution in [0.3, 0.4) is 0 Å². The summed E-state index contributed by atoms with van der Waals surface area (Å²) >= 11 is 0. The Kier molecular flexibility index (Phi) is 7.71. The van der Waals surface area contributed by atoms with Gasteiger partial charge in [0.2, 0.25) is 0 Å². The van der Waals surface area contributed by atoms with Crippen molar-refractivity contribution in [3.05, 3.63) is 86.8 Å². The lowest BCUT2D eigenvalue weighted by Gasteiger charge is -2.40. The van der Waals surface area contributed by atoms with Crippen molar-refractivity contribution in [2.45, 2.75) is 37.7 Å². The SMILES string of the molecule is O=c1[nH]nc(CN2CCO[C@@H](OCCc3ccc(C(F)(F)F)cc3C(F)(F)F)[C@@H]2c2ccc(F)cc2)[nH]1. The van der Waals surface area contributed by atoms with E-state index in [4.69, 9.17) is 9.47 Å². The molecule has 2 aromatic carbocycles. The van der Waals surface area contributed by atoms with Gasteiger partial charge >= 0.3 is 18.0 Å². The quantitative estimate of drug-likeness (QED) is 0.439. The van der Waals surface area contributed by atoms with Crippen LogP contribution in [0.25, 0.3) is 0 Å². The predicted molar refractivity (Wildman–Crippen MR) is 115 cm³/mol. The molecule has 0 bridgehead atoms. The molecule has 200 valence electrons. The van der Waals surface area contributed by atoms with Crippen LogP contribution in [0.1, 0.15) is 34.1 Å². The molecule has 1 fully saturated rings. The summed E-state index contributed by atoms with van der Waals surface area (Å²) in [5.74, 6) is -0.166. The number of morpholine rings is 1. The van der Waals surface area contributed by atoms with Crippen molar-refractivity contribution < 1.29 is 40.2 Å². The number of hydrogen-bond donors (Lipinski definition) is 2. The maximum absolute atomic E-state index is 13.5. The normalized spacial score (nSPS) is 19.3. The fraction of sp³-hybridized carbons (Fsp3) is 0.391. The third kappa shape index (κ3) is 6.56. The van der Waals surface area contributed by atoms with E-state index in [0.29, 0.717) is 24.0 Å². The van der Waals surface area contributed by atoms with Crippen molar-refractivity contribution in [1.82, 2.24) is 20.1 Å². The molecule has 0 unspecified atom stereocenters. The van der Waals surface area contributed by atoms with E-state index in [9.17, 15) is 35.5 Å². The van der Waals surface area contributed by atoms with Gasteiger partial charge in [0.15, 0.2) is 6.29 Å². The molecule has 4 rings (SSSR count). The molecule has 14 heteroatoms. The number of aromatic nitrogens is 3. The third-order valence-corrected chi connectivity index (χ3v) is 5.82. The first-order valence-electron chi connectivity index (χ1n) is 11.1. The van der Waals surface area contributed by atoms with Crippen LogP contribution < -0.4 is 5.69 Å². The molecule has 1 aromatic heterocycles. The molecule has 1 aliphatic heterocycles. The zero-order valence-corrected chi connectivity index (χ0v) is 19.0. The Bertz CT molecular complexity index is 1250. The second-order valence-electron chi connectivity index (χ2n) is 8.32. The molecule has 2 N–H and O–H groups in total. The average molecular weight is 534 g/mol.